The van der Waals surface area contributed by atoms with E-state index in [4.69, 9.17) is 22.7 Å². The van der Waals surface area contributed by atoms with E-state index in [1.807, 2.05) is 18.2 Å². The second-order valence-corrected chi connectivity index (χ2v) is 6.33. The van der Waals surface area contributed by atoms with Crippen LogP contribution < -0.4 is 15.4 Å². The summed E-state index contributed by atoms with van der Waals surface area (Å²) in [4.78, 5) is 4.93. The molecule has 0 aromatic heterocycles. The molecule has 21 heavy (non-hydrogen) atoms. The molecule has 0 saturated carbocycles. The summed E-state index contributed by atoms with van der Waals surface area (Å²) in [7, 11) is 5.83. The molecule has 1 aromatic carbocycles. The lowest BCUT2D eigenvalue weighted by molar-refractivity contribution is 0.407. The number of nitrogens with zero attached hydrogens (tertiary/aromatic N) is 2. The van der Waals surface area contributed by atoms with Gasteiger partial charge in [0, 0.05) is 31.3 Å². The molecule has 5 heteroatoms. The van der Waals surface area contributed by atoms with Gasteiger partial charge in [-0.25, -0.2) is 0 Å². The molecule has 2 N–H and O–H groups in total. The molecule has 0 heterocycles. The first kappa shape index (κ1) is 17.7. The summed E-state index contributed by atoms with van der Waals surface area (Å²) in [5, 5.41) is 0. The minimum Gasteiger partial charge on any atom is -0.497 e. The first-order valence-corrected chi connectivity index (χ1v) is 7.63. The van der Waals surface area contributed by atoms with Crippen molar-refractivity contribution in [2.45, 2.75) is 13.8 Å². The minimum absolute atomic E-state index is 0.422. The van der Waals surface area contributed by atoms with E-state index in [1.54, 1.807) is 7.11 Å². The number of thiocarbonyl (C=S) groups is 1. The number of nitrogens with two attached hydrogens (primary N) is 1. The molecule has 0 aliphatic heterocycles. The van der Waals surface area contributed by atoms with Crippen LogP contribution in [0.5, 0.6) is 5.75 Å². The Morgan fingerprint density at radius 3 is 2.43 bits per heavy atom. The van der Waals surface area contributed by atoms with E-state index in [2.05, 4.69) is 37.7 Å². The highest BCUT2D eigenvalue weighted by molar-refractivity contribution is 7.80. The van der Waals surface area contributed by atoms with E-state index in [1.165, 1.54) is 0 Å². The Morgan fingerprint density at radius 1 is 1.29 bits per heavy atom. The molecule has 1 aromatic rings. The molecule has 0 fully saturated rings. The number of benzene rings is 1. The van der Waals surface area contributed by atoms with Crippen LogP contribution in [0.4, 0.5) is 5.69 Å². The summed E-state index contributed by atoms with van der Waals surface area (Å²) in [6.07, 6.45) is 0. The fourth-order valence-electron chi connectivity index (χ4n) is 2.18. The highest BCUT2D eigenvalue weighted by atomic mass is 32.1. The lowest BCUT2D eigenvalue weighted by atomic mass is 10.1. The zero-order valence-electron chi connectivity index (χ0n) is 13.7. The van der Waals surface area contributed by atoms with Crippen LogP contribution in [-0.4, -0.2) is 50.7 Å². The maximum Gasteiger partial charge on any atom is 0.120 e. The van der Waals surface area contributed by atoms with Crippen LogP contribution in [0.3, 0.4) is 0 Å². The number of rotatable bonds is 8. The topological polar surface area (TPSA) is 41.7 Å². The van der Waals surface area contributed by atoms with Gasteiger partial charge in [-0.1, -0.05) is 26.1 Å². The predicted molar refractivity (Wildman–Crippen MR) is 94.5 cm³/mol. The lowest BCUT2D eigenvalue weighted by Crippen LogP contribution is -2.35. The summed E-state index contributed by atoms with van der Waals surface area (Å²) in [6.45, 7) is 7.28. The van der Waals surface area contributed by atoms with Gasteiger partial charge in [-0.2, -0.15) is 0 Å². The van der Waals surface area contributed by atoms with E-state index in [-0.39, 0.29) is 0 Å². The number of anilines is 1. The van der Waals surface area contributed by atoms with Gasteiger partial charge in [0.1, 0.15) is 10.7 Å². The highest BCUT2D eigenvalue weighted by Crippen LogP contribution is 2.27. The first-order chi connectivity index (χ1) is 9.85. The normalized spacial score (nSPS) is 11.0. The standard InChI is InChI=1S/C16H27N3OS/c1-12(2)11-19(9-8-18(3)4)15-10-13(20-5)6-7-14(15)16(17)21/h6-7,10,12H,8-9,11H2,1-5H3,(H2,17,21). The molecule has 0 radical (unpaired) electrons. The molecule has 0 spiro atoms. The molecule has 0 bridgehead atoms. The Kier molecular flexibility index (Phi) is 6.92. The van der Waals surface area contributed by atoms with Crippen LogP contribution in [0.2, 0.25) is 0 Å². The Balaban J connectivity index is 3.16. The van der Waals surface area contributed by atoms with Crippen LogP contribution in [0, 0.1) is 5.92 Å². The molecule has 118 valence electrons. The fraction of sp³-hybridized carbons (Fsp3) is 0.562. The molecule has 0 atom stereocenters. The van der Waals surface area contributed by atoms with Gasteiger partial charge in [0.05, 0.1) is 12.8 Å². The van der Waals surface area contributed by atoms with E-state index < -0.39 is 0 Å². The fourth-order valence-corrected chi connectivity index (χ4v) is 2.35. The van der Waals surface area contributed by atoms with Gasteiger partial charge in [0.15, 0.2) is 0 Å². The smallest absolute Gasteiger partial charge is 0.120 e. The lowest BCUT2D eigenvalue weighted by Gasteiger charge is -2.30. The summed E-state index contributed by atoms with van der Waals surface area (Å²) >= 11 is 5.20. The molecule has 4 nitrogen and oxygen atoms in total. The molecule has 0 amide bonds. The van der Waals surface area contributed by atoms with Crippen LogP contribution >= 0.6 is 12.2 Å². The zero-order valence-corrected chi connectivity index (χ0v) is 14.5. The second kappa shape index (κ2) is 8.20. The monoisotopic (exact) mass is 309 g/mol. The van der Waals surface area contributed by atoms with Gasteiger partial charge in [-0.05, 0) is 32.1 Å². The van der Waals surface area contributed by atoms with Crippen molar-refractivity contribution in [2.75, 3.05) is 45.7 Å². The average molecular weight is 309 g/mol. The number of ether oxygens (including phenoxy) is 1. The van der Waals surface area contributed by atoms with Crippen molar-refractivity contribution in [1.29, 1.82) is 0 Å². The van der Waals surface area contributed by atoms with Gasteiger partial charge in [0.2, 0.25) is 0 Å². The van der Waals surface area contributed by atoms with Crippen LogP contribution in [0.15, 0.2) is 18.2 Å². The number of hydrogen-bond donors (Lipinski definition) is 1. The number of likely N-dealkylation sites (N-methyl/N-ethyl adjacent to an activating group) is 1. The van der Waals surface area contributed by atoms with Crippen molar-refractivity contribution in [2.24, 2.45) is 11.7 Å². The third-order valence-corrected chi connectivity index (χ3v) is 3.43. The first-order valence-electron chi connectivity index (χ1n) is 7.22. The molecular formula is C16H27N3OS. The minimum atomic E-state index is 0.422. The third-order valence-electron chi connectivity index (χ3n) is 3.21. The molecule has 0 saturated heterocycles. The van der Waals surface area contributed by atoms with Gasteiger partial charge in [0.25, 0.3) is 0 Å². The summed E-state index contributed by atoms with van der Waals surface area (Å²) in [6, 6.07) is 5.86. The number of hydrogen-bond acceptors (Lipinski definition) is 4. The highest BCUT2D eigenvalue weighted by Gasteiger charge is 2.15. The zero-order chi connectivity index (χ0) is 16.0. The predicted octanol–water partition coefficient (Wildman–Crippen LogP) is 2.35. The van der Waals surface area contributed by atoms with Crippen LogP contribution in [0.1, 0.15) is 19.4 Å². The van der Waals surface area contributed by atoms with Crippen molar-refractivity contribution in [1.82, 2.24) is 4.90 Å². The van der Waals surface area contributed by atoms with E-state index >= 15 is 0 Å². The Bertz CT molecular complexity index is 475. The third kappa shape index (κ3) is 5.52. The van der Waals surface area contributed by atoms with E-state index in [0.717, 1.165) is 36.6 Å². The van der Waals surface area contributed by atoms with Crippen LogP contribution in [-0.2, 0) is 0 Å². The Labute approximate surface area is 133 Å². The number of methoxy groups -OCH3 is 1. The van der Waals surface area contributed by atoms with Crippen molar-refractivity contribution >= 4 is 22.9 Å². The quantitative estimate of drug-likeness (QED) is 0.747. The maximum absolute atomic E-state index is 5.88. The van der Waals surface area contributed by atoms with Crippen molar-refractivity contribution < 1.29 is 4.74 Å². The Morgan fingerprint density at radius 2 is 1.95 bits per heavy atom. The maximum atomic E-state index is 5.88. The van der Waals surface area contributed by atoms with E-state index in [0.29, 0.717) is 10.9 Å². The average Bonchev–Trinajstić information content (AvgIpc) is 2.42. The largest absolute Gasteiger partial charge is 0.497 e. The second-order valence-electron chi connectivity index (χ2n) is 5.89. The van der Waals surface area contributed by atoms with Gasteiger partial charge in [-0.3, -0.25) is 0 Å². The van der Waals surface area contributed by atoms with Crippen molar-refractivity contribution in [3.63, 3.8) is 0 Å². The SMILES string of the molecule is COc1ccc(C(N)=S)c(N(CCN(C)C)CC(C)C)c1. The van der Waals surface area contributed by atoms with E-state index in [9.17, 15) is 0 Å². The molecule has 0 aliphatic carbocycles. The van der Waals surface area contributed by atoms with Gasteiger partial charge >= 0.3 is 0 Å². The van der Waals surface area contributed by atoms with Gasteiger partial charge < -0.3 is 20.3 Å². The molecule has 1 rings (SSSR count). The Hall–Kier alpha value is -1.33. The summed E-state index contributed by atoms with van der Waals surface area (Å²) in [5.41, 5.74) is 7.84. The summed E-state index contributed by atoms with van der Waals surface area (Å²) in [5.74, 6) is 1.38. The van der Waals surface area contributed by atoms with Crippen molar-refractivity contribution in [3.05, 3.63) is 23.8 Å². The molecule has 0 unspecified atom stereocenters. The van der Waals surface area contributed by atoms with Gasteiger partial charge in [-0.15, -0.1) is 0 Å². The molecular weight excluding hydrogens is 282 g/mol. The summed E-state index contributed by atoms with van der Waals surface area (Å²) < 4.78 is 5.35. The van der Waals surface area contributed by atoms with Crippen LogP contribution in [0.25, 0.3) is 0 Å². The van der Waals surface area contributed by atoms with Crippen molar-refractivity contribution in [3.8, 4) is 5.75 Å². The molecule has 0 aliphatic rings.